The van der Waals surface area contributed by atoms with Crippen LogP contribution in [0.25, 0.3) is 0 Å². The van der Waals surface area contributed by atoms with E-state index < -0.39 is 0 Å². The fraction of sp³-hybridized carbons (Fsp3) is 0.538. The van der Waals surface area contributed by atoms with Gasteiger partial charge in [-0.3, -0.25) is 0 Å². The Morgan fingerprint density at radius 1 is 1.36 bits per heavy atom. The molecular weight excluding hydrogens is 170 g/mol. The molecule has 2 N–H and O–H groups in total. The summed E-state index contributed by atoms with van der Waals surface area (Å²) in [5, 5.41) is 0. The van der Waals surface area contributed by atoms with E-state index in [9.17, 15) is 0 Å². The van der Waals surface area contributed by atoms with Gasteiger partial charge in [0.2, 0.25) is 0 Å². The van der Waals surface area contributed by atoms with Gasteiger partial charge in [0.25, 0.3) is 0 Å². The van der Waals surface area contributed by atoms with Crippen LogP contribution < -0.4 is 5.73 Å². The van der Waals surface area contributed by atoms with E-state index in [1.54, 1.807) is 0 Å². The molecule has 0 radical (unpaired) electrons. The van der Waals surface area contributed by atoms with Crippen LogP contribution in [-0.4, -0.2) is 6.54 Å². The van der Waals surface area contributed by atoms with Gasteiger partial charge in [-0.1, -0.05) is 29.8 Å². The number of benzene rings is 1. The Balaban J connectivity index is 1.93. The number of rotatable bonds is 3. The van der Waals surface area contributed by atoms with Gasteiger partial charge in [-0.05, 0) is 50.1 Å². The summed E-state index contributed by atoms with van der Waals surface area (Å²) in [7, 11) is 0. The third-order valence-corrected chi connectivity index (χ3v) is 3.32. The molecule has 1 nitrogen and oxygen atoms in total. The largest absolute Gasteiger partial charge is 0.330 e. The van der Waals surface area contributed by atoms with E-state index in [4.69, 9.17) is 5.73 Å². The molecule has 0 heterocycles. The summed E-state index contributed by atoms with van der Waals surface area (Å²) < 4.78 is 0. The summed E-state index contributed by atoms with van der Waals surface area (Å²) in [6.07, 6.45) is 3.91. The first-order valence-corrected chi connectivity index (χ1v) is 5.56. The minimum atomic E-state index is 0.812. The lowest BCUT2D eigenvalue weighted by Gasteiger charge is -2.35. The third-order valence-electron chi connectivity index (χ3n) is 3.32. The van der Waals surface area contributed by atoms with Crippen molar-refractivity contribution < 1.29 is 0 Å². The van der Waals surface area contributed by atoms with Crippen LogP contribution >= 0.6 is 0 Å². The van der Waals surface area contributed by atoms with Crippen molar-refractivity contribution in [3.8, 4) is 0 Å². The van der Waals surface area contributed by atoms with Gasteiger partial charge in [-0.2, -0.15) is 0 Å². The van der Waals surface area contributed by atoms with Crippen molar-refractivity contribution in [1.82, 2.24) is 0 Å². The monoisotopic (exact) mass is 189 g/mol. The van der Waals surface area contributed by atoms with Crippen molar-refractivity contribution >= 4 is 0 Å². The van der Waals surface area contributed by atoms with Crippen molar-refractivity contribution in [2.24, 2.45) is 11.7 Å². The Labute approximate surface area is 86.3 Å². The maximum atomic E-state index is 5.55. The van der Waals surface area contributed by atoms with Crippen molar-refractivity contribution in [1.29, 1.82) is 0 Å². The van der Waals surface area contributed by atoms with E-state index in [-0.39, 0.29) is 0 Å². The van der Waals surface area contributed by atoms with Gasteiger partial charge in [0.05, 0.1) is 0 Å². The molecule has 1 aliphatic carbocycles. The molecule has 1 aliphatic rings. The lowest BCUT2D eigenvalue weighted by atomic mass is 9.70. The van der Waals surface area contributed by atoms with Crippen LogP contribution in [0.3, 0.4) is 0 Å². The van der Waals surface area contributed by atoms with Crippen LogP contribution in [0.2, 0.25) is 0 Å². The highest BCUT2D eigenvalue weighted by Gasteiger charge is 2.29. The lowest BCUT2D eigenvalue weighted by Crippen LogP contribution is -2.24. The summed E-state index contributed by atoms with van der Waals surface area (Å²) >= 11 is 0. The summed E-state index contributed by atoms with van der Waals surface area (Å²) in [4.78, 5) is 0. The maximum absolute atomic E-state index is 5.55. The molecule has 0 bridgehead atoms. The van der Waals surface area contributed by atoms with Crippen LogP contribution in [-0.2, 0) is 0 Å². The van der Waals surface area contributed by atoms with E-state index in [2.05, 4.69) is 31.2 Å². The van der Waals surface area contributed by atoms with Crippen LogP contribution in [0.5, 0.6) is 0 Å². The Morgan fingerprint density at radius 3 is 2.79 bits per heavy atom. The molecular formula is C13H19N. The summed E-state index contributed by atoms with van der Waals surface area (Å²) in [5.41, 5.74) is 8.45. The van der Waals surface area contributed by atoms with Crippen molar-refractivity contribution in [3.63, 3.8) is 0 Å². The molecule has 1 saturated carbocycles. The fourth-order valence-electron chi connectivity index (χ4n) is 2.40. The molecule has 76 valence electrons. The number of hydrogen-bond donors (Lipinski definition) is 1. The average Bonchev–Trinajstić information content (AvgIpc) is 2.10. The predicted octanol–water partition coefficient (Wildman–Crippen LogP) is 2.84. The van der Waals surface area contributed by atoms with Gasteiger partial charge in [0, 0.05) is 0 Å². The second-order valence-corrected chi connectivity index (χ2v) is 4.53. The summed E-state index contributed by atoms with van der Waals surface area (Å²) in [6, 6.07) is 8.92. The minimum Gasteiger partial charge on any atom is -0.330 e. The zero-order valence-corrected chi connectivity index (χ0v) is 8.87. The van der Waals surface area contributed by atoms with Gasteiger partial charge in [0.15, 0.2) is 0 Å². The molecule has 1 heteroatoms. The highest BCUT2D eigenvalue weighted by Crippen LogP contribution is 2.43. The van der Waals surface area contributed by atoms with E-state index in [0.717, 1.165) is 18.4 Å². The quantitative estimate of drug-likeness (QED) is 0.777. The van der Waals surface area contributed by atoms with Crippen LogP contribution in [0.1, 0.15) is 36.3 Å². The van der Waals surface area contributed by atoms with Crippen LogP contribution in [0.15, 0.2) is 24.3 Å². The van der Waals surface area contributed by atoms with Crippen molar-refractivity contribution in [3.05, 3.63) is 35.4 Å². The molecule has 0 spiro atoms. The van der Waals surface area contributed by atoms with Crippen molar-refractivity contribution in [2.45, 2.75) is 32.1 Å². The Kier molecular flexibility index (Phi) is 2.87. The molecule has 0 aromatic heterocycles. The Bertz CT molecular complexity index is 300. The van der Waals surface area contributed by atoms with E-state index in [1.807, 2.05) is 0 Å². The average molecular weight is 189 g/mol. The Morgan fingerprint density at radius 2 is 2.14 bits per heavy atom. The van der Waals surface area contributed by atoms with E-state index >= 15 is 0 Å². The smallest absolute Gasteiger partial charge is 0.00746 e. The lowest BCUT2D eigenvalue weighted by molar-refractivity contribution is 0.251. The molecule has 0 atom stereocenters. The molecule has 1 aromatic rings. The highest BCUT2D eigenvalue weighted by molar-refractivity contribution is 5.27. The van der Waals surface area contributed by atoms with Gasteiger partial charge in [0.1, 0.15) is 0 Å². The first-order chi connectivity index (χ1) is 6.79. The molecule has 2 rings (SSSR count). The minimum absolute atomic E-state index is 0.812. The molecule has 1 aromatic carbocycles. The Hall–Kier alpha value is -0.820. The standard InChI is InChI=1S/C13H19N/c1-10-3-2-4-12(7-10)13-8-11(9-13)5-6-14/h2-4,7,11,13H,5-6,8-9,14H2,1H3. The maximum Gasteiger partial charge on any atom is -0.00746 e. The number of aryl methyl sites for hydroxylation is 1. The molecule has 0 amide bonds. The first kappa shape index (κ1) is 9.72. The molecule has 1 fully saturated rings. The molecule has 0 aliphatic heterocycles. The van der Waals surface area contributed by atoms with Crippen molar-refractivity contribution in [2.75, 3.05) is 6.54 Å². The zero-order chi connectivity index (χ0) is 9.97. The molecule has 0 saturated heterocycles. The van der Waals surface area contributed by atoms with Gasteiger partial charge in [-0.15, -0.1) is 0 Å². The number of nitrogens with two attached hydrogens (primary N) is 1. The fourth-order valence-corrected chi connectivity index (χ4v) is 2.40. The third kappa shape index (κ3) is 1.98. The summed E-state index contributed by atoms with van der Waals surface area (Å²) in [6.45, 7) is 3.02. The summed E-state index contributed by atoms with van der Waals surface area (Å²) in [5.74, 6) is 1.71. The highest BCUT2D eigenvalue weighted by atomic mass is 14.5. The first-order valence-electron chi connectivity index (χ1n) is 5.56. The molecule has 14 heavy (non-hydrogen) atoms. The SMILES string of the molecule is Cc1cccc(C2CC(CCN)C2)c1. The van der Waals surface area contributed by atoms with Gasteiger partial charge < -0.3 is 5.73 Å². The van der Waals surface area contributed by atoms with Crippen LogP contribution in [0.4, 0.5) is 0 Å². The van der Waals surface area contributed by atoms with Gasteiger partial charge >= 0.3 is 0 Å². The predicted molar refractivity (Wildman–Crippen MR) is 60.3 cm³/mol. The number of hydrogen-bond acceptors (Lipinski definition) is 1. The second-order valence-electron chi connectivity index (χ2n) is 4.53. The zero-order valence-electron chi connectivity index (χ0n) is 8.87. The van der Waals surface area contributed by atoms with E-state index in [1.165, 1.54) is 30.4 Å². The topological polar surface area (TPSA) is 26.0 Å². The second kappa shape index (κ2) is 4.14. The van der Waals surface area contributed by atoms with Gasteiger partial charge in [-0.25, -0.2) is 0 Å². The normalized spacial score (nSPS) is 25.9. The molecule has 0 unspecified atom stereocenters. The van der Waals surface area contributed by atoms with Crippen LogP contribution in [0, 0.1) is 12.8 Å². The van der Waals surface area contributed by atoms with E-state index in [0.29, 0.717) is 0 Å².